The van der Waals surface area contributed by atoms with Crippen LogP contribution in [0, 0.1) is 5.82 Å². The van der Waals surface area contributed by atoms with Crippen LogP contribution in [-0.2, 0) is 12.7 Å². The fourth-order valence-electron chi connectivity index (χ4n) is 1.49. The average Bonchev–Trinajstić information content (AvgIpc) is 2.72. The van der Waals surface area contributed by atoms with Gasteiger partial charge in [-0.15, -0.1) is 0 Å². The molecule has 0 aliphatic rings. The molecule has 0 saturated carbocycles. The van der Waals surface area contributed by atoms with Gasteiger partial charge in [0, 0.05) is 5.69 Å². The van der Waals surface area contributed by atoms with Crippen molar-refractivity contribution < 1.29 is 22.0 Å². The van der Waals surface area contributed by atoms with Gasteiger partial charge in [-0.2, -0.15) is 13.2 Å². The van der Waals surface area contributed by atoms with Gasteiger partial charge in [-0.25, -0.2) is 4.39 Å². The molecule has 0 unspecified atom stereocenters. The smallest absolute Gasteiger partial charge is 0.419 e. The molecule has 0 spiro atoms. The summed E-state index contributed by atoms with van der Waals surface area (Å²) in [5.74, 6) is -0.747. The van der Waals surface area contributed by atoms with E-state index in [9.17, 15) is 17.6 Å². The van der Waals surface area contributed by atoms with E-state index in [0.717, 1.165) is 12.1 Å². The van der Waals surface area contributed by atoms with Gasteiger partial charge in [0.05, 0.1) is 12.1 Å². The SMILES string of the molecule is Fc1ccc(NCc2ccc(Br)o2)cc1C(F)(F)F. The molecule has 0 aliphatic heterocycles. The summed E-state index contributed by atoms with van der Waals surface area (Å²) in [6.07, 6.45) is -4.71. The van der Waals surface area contributed by atoms with Crippen molar-refractivity contribution >= 4 is 21.6 Å². The summed E-state index contributed by atoms with van der Waals surface area (Å²) in [5, 5.41) is 2.73. The van der Waals surface area contributed by atoms with E-state index in [-0.39, 0.29) is 12.2 Å². The third kappa shape index (κ3) is 3.50. The van der Waals surface area contributed by atoms with Crippen LogP contribution >= 0.6 is 15.9 Å². The van der Waals surface area contributed by atoms with Crippen molar-refractivity contribution in [2.45, 2.75) is 12.7 Å². The summed E-state index contributed by atoms with van der Waals surface area (Å²) in [6, 6.07) is 6.09. The van der Waals surface area contributed by atoms with Crippen molar-refractivity contribution in [2.75, 3.05) is 5.32 Å². The Bertz CT molecular complexity index is 579. The summed E-state index contributed by atoms with van der Waals surface area (Å²) in [7, 11) is 0. The number of halogens is 5. The minimum absolute atomic E-state index is 0.168. The third-order valence-corrected chi connectivity index (χ3v) is 2.79. The van der Waals surface area contributed by atoms with Gasteiger partial charge in [0.1, 0.15) is 11.6 Å². The second-order valence-corrected chi connectivity index (χ2v) is 4.53. The van der Waals surface area contributed by atoms with Crippen LogP contribution < -0.4 is 5.32 Å². The number of rotatable bonds is 3. The largest absolute Gasteiger partial charge is 0.452 e. The Morgan fingerprint density at radius 2 is 1.89 bits per heavy atom. The Morgan fingerprint density at radius 3 is 2.47 bits per heavy atom. The van der Waals surface area contributed by atoms with Gasteiger partial charge in [-0.3, -0.25) is 0 Å². The first kappa shape index (κ1) is 13.9. The summed E-state index contributed by atoms with van der Waals surface area (Å²) < 4.78 is 56.3. The van der Waals surface area contributed by atoms with Gasteiger partial charge in [0.2, 0.25) is 0 Å². The number of anilines is 1. The van der Waals surface area contributed by atoms with Crippen LogP contribution in [0.15, 0.2) is 39.4 Å². The molecule has 0 radical (unpaired) electrons. The lowest BCUT2D eigenvalue weighted by atomic mass is 10.2. The van der Waals surface area contributed by atoms with E-state index in [4.69, 9.17) is 4.42 Å². The lowest BCUT2D eigenvalue weighted by molar-refractivity contribution is -0.139. The van der Waals surface area contributed by atoms with Crippen LogP contribution in [0.2, 0.25) is 0 Å². The van der Waals surface area contributed by atoms with Crippen molar-refractivity contribution in [3.63, 3.8) is 0 Å². The normalized spacial score (nSPS) is 11.6. The number of alkyl halides is 3. The molecule has 1 heterocycles. The van der Waals surface area contributed by atoms with E-state index in [0.29, 0.717) is 10.4 Å². The quantitative estimate of drug-likeness (QED) is 0.813. The predicted molar refractivity (Wildman–Crippen MR) is 65.1 cm³/mol. The average molecular weight is 338 g/mol. The molecule has 0 atom stereocenters. The monoisotopic (exact) mass is 337 g/mol. The second kappa shape index (κ2) is 5.24. The van der Waals surface area contributed by atoms with Crippen molar-refractivity contribution in [3.8, 4) is 0 Å². The summed E-state index contributed by atoms with van der Waals surface area (Å²) in [6.45, 7) is 0.203. The Balaban J connectivity index is 2.13. The Kier molecular flexibility index (Phi) is 3.84. The molecule has 1 N–H and O–H groups in total. The first-order valence-corrected chi connectivity index (χ1v) is 6.00. The maximum absolute atomic E-state index is 13.1. The molecule has 0 saturated heterocycles. The lowest BCUT2D eigenvalue weighted by Gasteiger charge is -2.11. The highest BCUT2D eigenvalue weighted by atomic mass is 79.9. The van der Waals surface area contributed by atoms with Gasteiger partial charge in [0.15, 0.2) is 4.67 Å². The zero-order valence-electron chi connectivity index (χ0n) is 9.39. The number of hydrogen-bond donors (Lipinski definition) is 1. The molecule has 2 aromatic rings. The molecular formula is C12H8BrF4NO. The highest BCUT2D eigenvalue weighted by Gasteiger charge is 2.34. The maximum Gasteiger partial charge on any atom is 0.419 e. The summed E-state index contributed by atoms with van der Waals surface area (Å²) >= 11 is 3.11. The zero-order chi connectivity index (χ0) is 14.0. The molecule has 19 heavy (non-hydrogen) atoms. The minimum Gasteiger partial charge on any atom is -0.452 e. The number of furan rings is 1. The van der Waals surface area contributed by atoms with E-state index < -0.39 is 17.6 Å². The van der Waals surface area contributed by atoms with E-state index in [1.165, 1.54) is 6.07 Å². The molecule has 1 aromatic carbocycles. The molecule has 0 aliphatic carbocycles. The van der Waals surface area contributed by atoms with Crippen LogP contribution in [0.4, 0.5) is 23.2 Å². The van der Waals surface area contributed by atoms with Gasteiger partial charge < -0.3 is 9.73 Å². The highest BCUT2D eigenvalue weighted by Crippen LogP contribution is 2.33. The van der Waals surface area contributed by atoms with E-state index in [1.54, 1.807) is 12.1 Å². The topological polar surface area (TPSA) is 25.2 Å². The van der Waals surface area contributed by atoms with Crippen molar-refractivity contribution in [3.05, 3.63) is 52.1 Å². The fraction of sp³-hybridized carbons (Fsp3) is 0.167. The zero-order valence-corrected chi connectivity index (χ0v) is 11.0. The third-order valence-electron chi connectivity index (χ3n) is 2.37. The minimum atomic E-state index is -4.71. The van der Waals surface area contributed by atoms with Gasteiger partial charge in [0.25, 0.3) is 0 Å². The molecule has 102 valence electrons. The van der Waals surface area contributed by atoms with E-state index >= 15 is 0 Å². The number of nitrogens with one attached hydrogen (secondary N) is 1. The molecule has 7 heteroatoms. The standard InChI is InChI=1S/C12H8BrF4NO/c13-11-4-2-8(19-11)6-18-7-1-3-10(14)9(5-7)12(15,16)17/h1-5,18H,6H2. The first-order chi connectivity index (χ1) is 8.86. The maximum atomic E-state index is 13.1. The molecule has 0 bridgehead atoms. The van der Waals surface area contributed by atoms with Crippen LogP contribution in [0.25, 0.3) is 0 Å². The van der Waals surface area contributed by atoms with Crippen LogP contribution in [0.1, 0.15) is 11.3 Å². The lowest BCUT2D eigenvalue weighted by Crippen LogP contribution is -2.09. The van der Waals surface area contributed by atoms with Crippen molar-refractivity contribution in [1.29, 1.82) is 0 Å². The van der Waals surface area contributed by atoms with E-state index in [1.807, 2.05) is 0 Å². The fourth-order valence-corrected chi connectivity index (χ4v) is 1.83. The van der Waals surface area contributed by atoms with Gasteiger partial charge in [-0.1, -0.05) is 0 Å². The van der Waals surface area contributed by atoms with Gasteiger partial charge in [-0.05, 0) is 46.3 Å². The van der Waals surface area contributed by atoms with Crippen LogP contribution in [0.5, 0.6) is 0 Å². The highest BCUT2D eigenvalue weighted by molar-refractivity contribution is 9.10. The first-order valence-electron chi connectivity index (χ1n) is 5.21. The van der Waals surface area contributed by atoms with Crippen molar-refractivity contribution in [1.82, 2.24) is 0 Å². The molecular weight excluding hydrogens is 330 g/mol. The number of benzene rings is 1. The summed E-state index contributed by atoms with van der Waals surface area (Å²) in [5.41, 5.74) is -1.13. The molecule has 1 aromatic heterocycles. The number of hydrogen-bond acceptors (Lipinski definition) is 2. The molecule has 2 nitrogen and oxygen atoms in total. The second-order valence-electron chi connectivity index (χ2n) is 3.75. The Morgan fingerprint density at radius 1 is 1.16 bits per heavy atom. The molecule has 2 rings (SSSR count). The van der Waals surface area contributed by atoms with E-state index in [2.05, 4.69) is 21.2 Å². The molecule has 0 amide bonds. The molecule has 0 fully saturated rings. The predicted octanol–water partition coefficient (Wildman–Crippen LogP) is 4.81. The summed E-state index contributed by atoms with van der Waals surface area (Å²) in [4.78, 5) is 0. The Hall–Kier alpha value is -1.50. The Labute approximate surface area is 114 Å². The van der Waals surface area contributed by atoms with Crippen molar-refractivity contribution in [2.24, 2.45) is 0 Å². The van der Waals surface area contributed by atoms with Gasteiger partial charge >= 0.3 is 6.18 Å². The van der Waals surface area contributed by atoms with Crippen LogP contribution in [0.3, 0.4) is 0 Å². The van der Waals surface area contributed by atoms with Crippen LogP contribution in [-0.4, -0.2) is 0 Å².